The lowest BCUT2D eigenvalue weighted by Crippen LogP contribution is -2.37. The summed E-state index contributed by atoms with van der Waals surface area (Å²) in [5.41, 5.74) is 3.28. The van der Waals surface area contributed by atoms with E-state index in [9.17, 15) is 9.59 Å². The van der Waals surface area contributed by atoms with Gasteiger partial charge < -0.3 is 0 Å². The Morgan fingerprint density at radius 2 is 1.81 bits per heavy atom. The maximum atomic E-state index is 12.7. The van der Waals surface area contributed by atoms with Crippen LogP contribution >= 0.6 is 11.8 Å². The second-order valence-electron chi connectivity index (χ2n) is 6.42. The van der Waals surface area contributed by atoms with Crippen molar-refractivity contribution in [2.24, 2.45) is 14.1 Å². The number of rotatable bonds is 4. The molecular weight excluding hydrogens is 348 g/mol. The Labute approximate surface area is 155 Å². The summed E-state index contributed by atoms with van der Waals surface area (Å²) in [6, 6.07) is 6.34. The van der Waals surface area contributed by atoms with Gasteiger partial charge in [0.1, 0.15) is 16.2 Å². The first-order valence-electron chi connectivity index (χ1n) is 8.49. The number of fused-ring (bicyclic) bond motifs is 1. The molecule has 2 heterocycles. The van der Waals surface area contributed by atoms with E-state index in [-0.39, 0.29) is 11.2 Å². The van der Waals surface area contributed by atoms with Gasteiger partial charge in [0.25, 0.3) is 5.56 Å². The first kappa shape index (κ1) is 18.4. The fraction of sp³-hybridized carbons (Fsp3) is 0.368. The molecule has 2 aromatic heterocycles. The van der Waals surface area contributed by atoms with Gasteiger partial charge in [0, 0.05) is 26.3 Å². The van der Waals surface area contributed by atoms with Crippen LogP contribution < -0.4 is 11.2 Å². The lowest BCUT2D eigenvalue weighted by molar-refractivity contribution is 0.698. The van der Waals surface area contributed by atoms with Crippen molar-refractivity contribution in [1.29, 1.82) is 0 Å². The van der Waals surface area contributed by atoms with E-state index in [1.807, 2.05) is 6.92 Å². The van der Waals surface area contributed by atoms with Crippen LogP contribution in [0.15, 0.2) is 32.8 Å². The van der Waals surface area contributed by atoms with Crippen molar-refractivity contribution in [3.63, 3.8) is 0 Å². The number of hydrogen-bond donors (Lipinski definition) is 0. The molecule has 0 fully saturated rings. The number of thioether (sulfide) groups is 1. The van der Waals surface area contributed by atoms with Gasteiger partial charge in [0.2, 0.25) is 0 Å². The van der Waals surface area contributed by atoms with Crippen molar-refractivity contribution >= 4 is 22.8 Å². The summed E-state index contributed by atoms with van der Waals surface area (Å²) in [4.78, 5) is 34.0. The van der Waals surface area contributed by atoms with E-state index in [0.717, 1.165) is 4.57 Å². The normalized spacial score (nSPS) is 11.3. The first-order chi connectivity index (χ1) is 12.3. The van der Waals surface area contributed by atoms with Crippen LogP contribution in [0.2, 0.25) is 0 Å². The predicted octanol–water partition coefficient (Wildman–Crippen LogP) is 2.50. The Hall–Kier alpha value is -2.41. The molecule has 0 bridgehead atoms. The molecule has 0 N–H and O–H groups in total. The van der Waals surface area contributed by atoms with E-state index in [0.29, 0.717) is 34.1 Å². The van der Waals surface area contributed by atoms with Gasteiger partial charge in [0.15, 0.2) is 5.65 Å². The van der Waals surface area contributed by atoms with Crippen LogP contribution in [0.3, 0.4) is 0 Å². The van der Waals surface area contributed by atoms with Crippen LogP contribution in [0.25, 0.3) is 11.0 Å². The molecule has 0 aliphatic carbocycles. The van der Waals surface area contributed by atoms with Crippen LogP contribution in [0.5, 0.6) is 0 Å². The molecule has 6 nitrogen and oxygen atoms in total. The lowest BCUT2D eigenvalue weighted by Gasteiger charge is -2.12. The Morgan fingerprint density at radius 1 is 1.08 bits per heavy atom. The summed E-state index contributed by atoms with van der Waals surface area (Å²) in [6.45, 7) is 6.10. The average Bonchev–Trinajstić information content (AvgIpc) is 2.64. The highest BCUT2D eigenvalue weighted by Gasteiger charge is 2.17. The number of hydrogen-bond acceptors (Lipinski definition) is 5. The average molecular weight is 370 g/mol. The summed E-state index contributed by atoms with van der Waals surface area (Å²) in [5.74, 6) is 1.33. The monoisotopic (exact) mass is 370 g/mol. The molecule has 0 aliphatic rings. The predicted molar refractivity (Wildman–Crippen MR) is 105 cm³/mol. The third-order valence-electron chi connectivity index (χ3n) is 4.50. The summed E-state index contributed by atoms with van der Waals surface area (Å²) in [7, 11) is 3.12. The molecule has 0 saturated carbocycles. The molecule has 0 unspecified atom stereocenters. The first-order valence-corrected chi connectivity index (χ1v) is 9.47. The molecule has 0 saturated heterocycles. The number of aromatic nitrogens is 4. The molecular formula is C19H22N4O2S. The van der Waals surface area contributed by atoms with Crippen molar-refractivity contribution < 1.29 is 0 Å². The minimum Gasteiger partial charge on any atom is -0.280 e. The van der Waals surface area contributed by atoms with Gasteiger partial charge in [-0.05, 0) is 25.0 Å². The Balaban J connectivity index is 2.17. The lowest BCUT2D eigenvalue weighted by atomic mass is 10.1. The van der Waals surface area contributed by atoms with Gasteiger partial charge in [-0.3, -0.25) is 13.9 Å². The van der Waals surface area contributed by atoms with Crippen molar-refractivity contribution in [1.82, 2.24) is 19.1 Å². The molecule has 0 spiro atoms. The summed E-state index contributed by atoms with van der Waals surface area (Å²) >= 11 is 1.51. The van der Waals surface area contributed by atoms with Crippen molar-refractivity contribution in [2.45, 2.75) is 38.0 Å². The fourth-order valence-electron chi connectivity index (χ4n) is 2.84. The SMILES string of the molecule is CCc1nc(SCc2cc(C)ccc2C)c2c(=O)n(C)c(=O)n(C)c2n1. The van der Waals surface area contributed by atoms with Gasteiger partial charge in [-0.1, -0.05) is 30.7 Å². The molecule has 7 heteroatoms. The Kier molecular flexibility index (Phi) is 5.00. The quantitative estimate of drug-likeness (QED) is 0.521. The molecule has 0 radical (unpaired) electrons. The standard InChI is InChI=1S/C19H22N4O2S/c1-6-14-20-16-15(18(24)23(5)19(25)22(16)4)17(21-14)26-10-13-9-11(2)7-8-12(13)3/h7-9H,6,10H2,1-5H3. The van der Waals surface area contributed by atoms with E-state index >= 15 is 0 Å². The molecule has 3 aromatic rings. The zero-order valence-electron chi connectivity index (χ0n) is 15.7. The third-order valence-corrected chi connectivity index (χ3v) is 5.52. The number of nitrogens with zero attached hydrogens (tertiary/aromatic N) is 4. The number of aryl methyl sites for hydroxylation is 4. The van der Waals surface area contributed by atoms with E-state index in [1.165, 1.54) is 40.1 Å². The maximum absolute atomic E-state index is 12.7. The van der Waals surface area contributed by atoms with Gasteiger partial charge in [0.05, 0.1) is 0 Å². The maximum Gasteiger partial charge on any atom is 0.332 e. The third kappa shape index (κ3) is 3.19. The Bertz CT molecular complexity index is 1120. The molecule has 0 amide bonds. The van der Waals surface area contributed by atoms with E-state index < -0.39 is 0 Å². The summed E-state index contributed by atoms with van der Waals surface area (Å²) < 4.78 is 2.53. The smallest absolute Gasteiger partial charge is 0.280 e. The van der Waals surface area contributed by atoms with Gasteiger partial charge in [-0.2, -0.15) is 0 Å². The molecule has 26 heavy (non-hydrogen) atoms. The van der Waals surface area contributed by atoms with Crippen LogP contribution in [0.1, 0.15) is 29.4 Å². The van der Waals surface area contributed by atoms with Gasteiger partial charge in [-0.15, -0.1) is 11.8 Å². The molecule has 0 aliphatic heterocycles. The van der Waals surface area contributed by atoms with Crippen LogP contribution in [-0.2, 0) is 26.3 Å². The van der Waals surface area contributed by atoms with E-state index in [1.54, 1.807) is 7.05 Å². The van der Waals surface area contributed by atoms with Gasteiger partial charge >= 0.3 is 5.69 Å². The Morgan fingerprint density at radius 3 is 2.50 bits per heavy atom. The van der Waals surface area contributed by atoms with Crippen molar-refractivity contribution in [3.8, 4) is 0 Å². The summed E-state index contributed by atoms with van der Waals surface area (Å²) in [5, 5.41) is 1.03. The molecule has 3 rings (SSSR count). The topological polar surface area (TPSA) is 69.8 Å². The second kappa shape index (κ2) is 7.07. The fourth-order valence-corrected chi connectivity index (χ4v) is 3.93. The zero-order valence-corrected chi connectivity index (χ0v) is 16.5. The zero-order chi connectivity index (χ0) is 19.0. The van der Waals surface area contributed by atoms with E-state index in [2.05, 4.69) is 42.0 Å². The highest BCUT2D eigenvalue weighted by atomic mass is 32.2. The van der Waals surface area contributed by atoms with Crippen molar-refractivity contribution in [3.05, 3.63) is 61.6 Å². The summed E-state index contributed by atoms with van der Waals surface area (Å²) in [6.07, 6.45) is 0.635. The largest absolute Gasteiger partial charge is 0.332 e. The highest BCUT2D eigenvalue weighted by Crippen LogP contribution is 2.27. The minimum absolute atomic E-state index is 0.353. The highest BCUT2D eigenvalue weighted by molar-refractivity contribution is 7.98. The van der Waals surface area contributed by atoms with Crippen LogP contribution in [0, 0.1) is 13.8 Å². The minimum atomic E-state index is -0.381. The molecule has 0 atom stereocenters. The van der Waals surface area contributed by atoms with E-state index in [4.69, 9.17) is 0 Å². The van der Waals surface area contributed by atoms with Crippen LogP contribution in [-0.4, -0.2) is 19.1 Å². The van der Waals surface area contributed by atoms with Crippen molar-refractivity contribution in [2.75, 3.05) is 0 Å². The second-order valence-corrected chi connectivity index (χ2v) is 7.39. The van der Waals surface area contributed by atoms with Crippen LogP contribution in [0.4, 0.5) is 0 Å². The number of benzene rings is 1. The molecule has 136 valence electrons. The van der Waals surface area contributed by atoms with Gasteiger partial charge in [-0.25, -0.2) is 14.8 Å². The molecule has 1 aromatic carbocycles.